The molecule has 0 saturated carbocycles. The van der Waals surface area contributed by atoms with E-state index in [4.69, 9.17) is 5.73 Å². The summed E-state index contributed by atoms with van der Waals surface area (Å²) in [4.78, 5) is 0.265. The Morgan fingerprint density at radius 2 is 2.00 bits per heavy atom. The Morgan fingerprint density at radius 1 is 1.36 bits per heavy atom. The smallest absolute Gasteiger partial charge is 0.168 e. The lowest BCUT2D eigenvalue weighted by molar-refractivity contribution is 0.614. The third-order valence-corrected chi connectivity index (χ3v) is 2.58. The molecule has 3 nitrogen and oxygen atoms in total. The number of benzene rings is 1. The van der Waals surface area contributed by atoms with Crippen LogP contribution in [0.25, 0.3) is 0 Å². The van der Waals surface area contributed by atoms with Crippen LogP contribution in [0.5, 0.6) is 0 Å². The van der Waals surface area contributed by atoms with Crippen LogP contribution in [0, 0.1) is 0 Å². The van der Waals surface area contributed by atoms with E-state index in [1.54, 1.807) is 6.07 Å². The van der Waals surface area contributed by atoms with Gasteiger partial charge in [-0.25, -0.2) is 8.42 Å². The second kappa shape index (κ2) is 3.23. The van der Waals surface area contributed by atoms with Crippen molar-refractivity contribution >= 4 is 32.3 Å². The van der Waals surface area contributed by atoms with Gasteiger partial charge in [0.25, 0.3) is 0 Å². The van der Waals surface area contributed by atoms with Crippen molar-refractivity contribution in [3.8, 4) is 0 Å². The molecule has 5 heteroatoms. The first-order valence-corrected chi connectivity index (χ1v) is 4.77. The van der Waals surface area contributed by atoms with Crippen molar-refractivity contribution in [2.24, 2.45) is 0 Å². The third-order valence-electron chi connectivity index (χ3n) is 1.19. The summed E-state index contributed by atoms with van der Waals surface area (Å²) in [5.74, 6) is 0. The SMILES string of the molecule is Nc1ccc([SH](=O)=O)cc1Br. The van der Waals surface area contributed by atoms with Gasteiger partial charge in [0.2, 0.25) is 0 Å². The molecule has 1 aromatic rings. The fourth-order valence-electron chi connectivity index (χ4n) is 0.630. The maximum absolute atomic E-state index is 10.4. The summed E-state index contributed by atoms with van der Waals surface area (Å²) < 4.78 is 21.5. The van der Waals surface area contributed by atoms with E-state index in [1.807, 2.05) is 0 Å². The lowest BCUT2D eigenvalue weighted by Crippen LogP contribution is -1.87. The van der Waals surface area contributed by atoms with Gasteiger partial charge in [-0.1, -0.05) is 0 Å². The number of rotatable bonds is 1. The van der Waals surface area contributed by atoms with Crippen LogP contribution in [0.2, 0.25) is 0 Å². The number of nitrogens with two attached hydrogens (primary N) is 1. The largest absolute Gasteiger partial charge is 0.398 e. The molecule has 0 amide bonds. The Bertz CT molecular complexity index is 340. The molecule has 0 aliphatic heterocycles. The summed E-state index contributed by atoms with van der Waals surface area (Å²) in [5.41, 5.74) is 5.98. The molecule has 60 valence electrons. The highest BCUT2D eigenvalue weighted by Gasteiger charge is 1.98. The second-order valence-corrected chi connectivity index (χ2v) is 3.85. The summed E-state index contributed by atoms with van der Waals surface area (Å²) in [6.45, 7) is 0. The number of anilines is 1. The highest BCUT2D eigenvalue weighted by Crippen LogP contribution is 2.20. The number of hydrogen-bond donors (Lipinski definition) is 2. The van der Waals surface area contributed by atoms with E-state index >= 15 is 0 Å². The van der Waals surface area contributed by atoms with Gasteiger partial charge in [0.15, 0.2) is 10.7 Å². The van der Waals surface area contributed by atoms with Gasteiger partial charge in [0.1, 0.15) is 0 Å². The van der Waals surface area contributed by atoms with Crippen molar-refractivity contribution in [2.75, 3.05) is 5.73 Å². The maximum Gasteiger partial charge on any atom is 0.168 e. The van der Waals surface area contributed by atoms with Gasteiger partial charge in [-0.15, -0.1) is 0 Å². The summed E-state index contributed by atoms with van der Waals surface area (Å²) in [6, 6.07) is 4.48. The van der Waals surface area contributed by atoms with Gasteiger partial charge >= 0.3 is 0 Å². The van der Waals surface area contributed by atoms with Crippen molar-refractivity contribution < 1.29 is 8.42 Å². The molecule has 0 radical (unpaired) electrons. The minimum atomic E-state index is -2.51. The number of halogens is 1. The van der Waals surface area contributed by atoms with Crippen LogP contribution in [-0.4, -0.2) is 8.42 Å². The van der Waals surface area contributed by atoms with Crippen LogP contribution in [-0.2, 0) is 10.7 Å². The molecular formula is C6H6BrNO2S. The predicted octanol–water partition coefficient (Wildman–Crippen LogP) is 1.00. The standard InChI is InChI=1S/C6H6BrNO2S/c7-5-3-4(11(9)10)1-2-6(5)8/h1-3,11H,8H2. The first-order chi connectivity index (χ1) is 5.11. The lowest BCUT2D eigenvalue weighted by atomic mass is 10.3. The number of nitrogen functional groups attached to an aromatic ring is 1. The number of thiol groups is 1. The Kier molecular flexibility index (Phi) is 2.51. The molecule has 1 aromatic carbocycles. The van der Waals surface area contributed by atoms with Gasteiger partial charge in [0.05, 0.1) is 4.90 Å². The maximum atomic E-state index is 10.4. The summed E-state index contributed by atoms with van der Waals surface area (Å²) in [6.07, 6.45) is 0. The van der Waals surface area contributed by atoms with E-state index in [-0.39, 0.29) is 4.90 Å². The van der Waals surface area contributed by atoms with Gasteiger partial charge < -0.3 is 5.73 Å². The molecular weight excluding hydrogens is 230 g/mol. The fourth-order valence-corrected chi connectivity index (χ4v) is 1.62. The molecule has 1 rings (SSSR count). The van der Waals surface area contributed by atoms with E-state index in [9.17, 15) is 8.42 Å². The Morgan fingerprint density at radius 3 is 2.45 bits per heavy atom. The molecule has 0 fully saturated rings. The zero-order chi connectivity index (χ0) is 8.43. The van der Waals surface area contributed by atoms with Gasteiger partial charge in [-0.2, -0.15) is 0 Å². The molecule has 0 atom stereocenters. The second-order valence-electron chi connectivity index (χ2n) is 1.96. The van der Waals surface area contributed by atoms with E-state index in [1.165, 1.54) is 12.1 Å². The first kappa shape index (κ1) is 8.55. The van der Waals surface area contributed by atoms with Crippen LogP contribution in [0.3, 0.4) is 0 Å². The molecule has 0 spiro atoms. The van der Waals surface area contributed by atoms with E-state index in [2.05, 4.69) is 15.9 Å². The number of hydrogen-bond acceptors (Lipinski definition) is 3. The van der Waals surface area contributed by atoms with Crippen LogP contribution >= 0.6 is 15.9 Å². The zero-order valence-electron chi connectivity index (χ0n) is 5.45. The van der Waals surface area contributed by atoms with Crippen molar-refractivity contribution in [3.05, 3.63) is 22.7 Å². The van der Waals surface area contributed by atoms with Crippen molar-refractivity contribution in [1.29, 1.82) is 0 Å². The molecule has 0 aromatic heterocycles. The summed E-state index contributed by atoms with van der Waals surface area (Å²) in [7, 11) is -2.51. The Balaban J connectivity index is 3.26. The minimum Gasteiger partial charge on any atom is -0.398 e. The molecule has 0 unspecified atom stereocenters. The zero-order valence-corrected chi connectivity index (χ0v) is 7.93. The Hall–Kier alpha value is -0.550. The first-order valence-electron chi connectivity index (χ1n) is 2.80. The monoisotopic (exact) mass is 235 g/mol. The molecule has 0 aliphatic carbocycles. The molecule has 0 bridgehead atoms. The summed E-state index contributed by atoms with van der Waals surface area (Å²) >= 11 is 3.12. The van der Waals surface area contributed by atoms with E-state index < -0.39 is 10.7 Å². The topological polar surface area (TPSA) is 60.2 Å². The van der Waals surface area contributed by atoms with Crippen LogP contribution < -0.4 is 5.73 Å². The van der Waals surface area contributed by atoms with Gasteiger partial charge in [-0.05, 0) is 34.1 Å². The molecule has 0 aliphatic rings. The van der Waals surface area contributed by atoms with Crippen molar-refractivity contribution in [1.82, 2.24) is 0 Å². The lowest BCUT2D eigenvalue weighted by Gasteiger charge is -1.96. The van der Waals surface area contributed by atoms with Crippen LogP contribution in [0.4, 0.5) is 5.69 Å². The molecule has 2 N–H and O–H groups in total. The molecule has 0 saturated heterocycles. The average Bonchev–Trinajstić information content (AvgIpc) is 1.94. The van der Waals surface area contributed by atoms with Crippen LogP contribution in [0.1, 0.15) is 0 Å². The minimum absolute atomic E-state index is 0.265. The van der Waals surface area contributed by atoms with Crippen molar-refractivity contribution in [2.45, 2.75) is 4.90 Å². The average molecular weight is 236 g/mol. The predicted molar refractivity (Wildman–Crippen MR) is 47.1 cm³/mol. The quantitative estimate of drug-likeness (QED) is 0.564. The highest BCUT2D eigenvalue weighted by molar-refractivity contribution is 9.10. The molecule has 11 heavy (non-hydrogen) atoms. The van der Waals surface area contributed by atoms with Crippen molar-refractivity contribution in [3.63, 3.8) is 0 Å². The Labute approximate surface area is 74.3 Å². The van der Waals surface area contributed by atoms with E-state index in [0.717, 1.165) is 0 Å². The van der Waals surface area contributed by atoms with E-state index in [0.29, 0.717) is 10.2 Å². The molecule has 0 heterocycles. The third kappa shape index (κ3) is 1.94. The van der Waals surface area contributed by atoms with Crippen LogP contribution in [0.15, 0.2) is 27.6 Å². The highest BCUT2D eigenvalue weighted by atomic mass is 79.9. The van der Waals surface area contributed by atoms with Gasteiger partial charge in [0, 0.05) is 10.2 Å². The normalized spacial score (nSPS) is 10.4. The van der Waals surface area contributed by atoms with Gasteiger partial charge in [-0.3, -0.25) is 0 Å². The summed E-state index contributed by atoms with van der Waals surface area (Å²) in [5, 5.41) is 0. The fraction of sp³-hybridized carbons (Fsp3) is 0.